The lowest BCUT2D eigenvalue weighted by Gasteiger charge is -2.03. The first-order chi connectivity index (χ1) is 8.74. The van der Waals surface area contributed by atoms with E-state index in [2.05, 4.69) is 10.2 Å². The van der Waals surface area contributed by atoms with E-state index in [9.17, 15) is 0 Å². The van der Waals surface area contributed by atoms with Gasteiger partial charge in [0.25, 0.3) is 0 Å². The summed E-state index contributed by atoms with van der Waals surface area (Å²) in [6.45, 7) is 0.694. The number of nitrogens with one attached hydrogen (secondary N) is 1. The molecule has 0 fully saturated rings. The highest BCUT2D eigenvalue weighted by Crippen LogP contribution is 2.26. The van der Waals surface area contributed by atoms with Gasteiger partial charge in [-0.1, -0.05) is 17.7 Å². The van der Waals surface area contributed by atoms with E-state index in [1.165, 1.54) is 0 Å². The van der Waals surface area contributed by atoms with Crippen LogP contribution in [0.15, 0.2) is 29.6 Å². The monoisotopic (exact) mass is 313 g/mol. The van der Waals surface area contributed by atoms with Gasteiger partial charge < -0.3 is 0 Å². The van der Waals surface area contributed by atoms with Crippen molar-refractivity contribution in [3.05, 3.63) is 43.6 Å². The van der Waals surface area contributed by atoms with Crippen LogP contribution in [-0.4, -0.2) is 14.8 Å². The third-order valence-corrected chi connectivity index (χ3v) is 4.84. The zero-order valence-electron chi connectivity index (χ0n) is 9.09. The van der Waals surface area contributed by atoms with Crippen molar-refractivity contribution in [2.24, 2.45) is 0 Å². The number of nitrogens with zero attached hydrogens (tertiary/aromatic N) is 2. The van der Waals surface area contributed by atoms with Gasteiger partial charge in [-0.05, 0) is 35.8 Å². The van der Waals surface area contributed by atoms with Crippen LogP contribution in [0, 0.1) is 4.77 Å². The number of H-pyrrole nitrogens is 1. The van der Waals surface area contributed by atoms with Crippen LogP contribution in [0.25, 0.3) is 10.7 Å². The third kappa shape index (κ3) is 2.29. The van der Waals surface area contributed by atoms with Crippen LogP contribution >= 0.6 is 46.5 Å². The molecule has 92 valence electrons. The molecule has 3 rings (SSSR count). The zero-order valence-corrected chi connectivity index (χ0v) is 12.3. The summed E-state index contributed by atoms with van der Waals surface area (Å²) >= 11 is 14.4. The first kappa shape index (κ1) is 12.1. The SMILES string of the molecule is S=c1[nH]nc(-c2cccs2)n1Cc1ccc(Cl)s1. The summed E-state index contributed by atoms with van der Waals surface area (Å²) in [5.74, 6) is 0.875. The Morgan fingerprint density at radius 2 is 2.28 bits per heavy atom. The maximum atomic E-state index is 5.94. The van der Waals surface area contributed by atoms with Crippen molar-refractivity contribution >= 4 is 46.5 Å². The van der Waals surface area contributed by atoms with E-state index >= 15 is 0 Å². The van der Waals surface area contributed by atoms with Crippen LogP contribution < -0.4 is 0 Å². The lowest BCUT2D eigenvalue weighted by molar-refractivity contribution is 0.804. The van der Waals surface area contributed by atoms with E-state index in [0.717, 1.165) is 19.9 Å². The highest BCUT2D eigenvalue weighted by molar-refractivity contribution is 7.71. The Morgan fingerprint density at radius 3 is 2.94 bits per heavy atom. The van der Waals surface area contributed by atoms with E-state index in [4.69, 9.17) is 23.8 Å². The Kier molecular flexibility index (Phi) is 3.34. The third-order valence-electron chi connectivity index (χ3n) is 2.44. The number of aromatic amines is 1. The van der Waals surface area contributed by atoms with Crippen LogP contribution in [0.3, 0.4) is 0 Å². The number of hydrogen-bond donors (Lipinski definition) is 1. The minimum atomic E-state index is 0.628. The van der Waals surface area contributed by atoms with Gasteiger partial charge >= 0.3 is 0 Å². The standard InChI is InChI=1S/C11H8ClN3S3/c12-9-4-3-7(18-9)6-15-10(13-14-11(15)16)8-2-1-5-17-8/h1-5H,6H2,(H,14,16). The number of hydrogen-bond acceptors (Lipinski definition) is 4. The quantitative estimate of drug-likeness (QED) is 0.726. The van der Waals surface area contributed by atoms with Gasteiger partial charge in [-0.15, -0.1) is 22.7 Å². The van der Waals surface area contributed by atoms with Gasteiger partial charge in [0.15, 0.2) is 10.6 Å². The summed E-state index contributed by atoms with van der Waals surface area (Å²) in [6.07, 6.45) is 0. The summed E-state index contributed by atoms with van der Waals surface area (Å²) in [7, 11) is 0. The molecular weight excluding hydrogens is 306 g/mol. The molecule has 0 aromatic carbocycles. The van der Waals surface area contributed by atoms with Crippen LogP contribution in [-0.2, 0) is 6.54 Å². The second-order valence-corrected chi connectivity index (χ2v) is 6.76. The normalized spacial score (nSPS) is 10.9. The molecule has 0 aliphatic rings. The van der Waals surface area contributed by atoms with E-state index in [-0.39, 0.29) is 0 Å². The lowest BCUT2D eigenvalue weighted by Crippen LogP contribution is -2.00. The van der Waals surface area contributed by atoms with Crippen LogP contribution in [0.5, 0.6) is 0 Å². The summed E-state index contributed by atoms with van der Waals surface area (Å²) in [5, 5.41) is 9.16. The number of thiophene rings is 2. The molecule has 0 atom stereocenters. The Labute approximate surface area is 122 Å². The van der Waals surface area contributed by atoms with Gasteiger partial charge in [-0.3, -0.25) is 9.67 Å². The number of halogens is 1. The molecule has 3 nitrogen and oxygen atoms in total. The van der Waals surface area contributed by atoms with E-state index in [0.29, 0.717) is 11.3 Å². The maximum absolute atomic E-state index is 5.94. The average Bonchev–Trinajstić information content (AvgIpc) is 3.03. The van der Waals surface area contributed by atoms with Gasteiger partial charge in [-0.2, -0.15) is 5.10 Å². The highest BCUT2D eigenvalue weighted by atomic mass is 35.5. The fourth-order valence-electron chi connectivity index (χ4n) is 1.65. The summed E-state index contributed by atoms with van der Waals surface area (Å²) in [5.41, 5.74) is 0. The topological polar surface area (TPSA) is 33.6 Å². The number of aromatic nitrogens is 3. The van der Waals surface area contributed by atoms with Gasteiger partial charge in [0.05, 0.1) is 15.8 Å². The van der Waals surface area contributed by atoms with Crippen molar-refractivity contribution in [2.75, 3.05) is 0 Å². The molecule has 0 aliphatic carbocycles. The smallest absolute Gasteiger partial charge is 0.195 e. The molecular formula is C11H8ClN3S3. The molecule has 7 heteroatoms. The van der Waals surface area contributed by atoms with Crippen molar-refractivity contribution in [3.8, 4) is 10.7 Å². The first-order valence-corrected chi connectivity index (χ1v) is 7.65. The maximum Gasteiger partial charge on any atom is 0.195 e. The predicted molar refractivity (Wildman–Crippen MR) is 79.2 cm³/mol. The molecule has 0 spiro atoms. The molecule has 3 aromatic heterocycles. The minimum absolute atomic E-state index is 0.628. The van der Waals surface area contributed by atoms with Gasteiger partial charge in [0, 0.05) is 4.88 Å². The molecule has 0 aliphatic heterocycles. The Balaban J connectivity index is 2.01. The van der Waals surface area contributed by atoms with Crippen LogP contribution in [0.1, 0.15) is 4.88 Å². The Morgan fingerprint density at radius 1 is 1.39 bits per heavy atom. The van der Waals surface area contributed by atoms with Crippen molar-refractivity contribution in [1.29, 1.82) is 0 Å². The van der Waals surface area contributed by atoms with E-state index < -0.39 is 0 Å². The minimum Gasteiger partial charge on any atom is -0.294 e. The van der Waals surface area contributed by atoms with Crippen molar-refractivity contribution in [3.63, 3.8) is 0 Å². The molecule has 0 unspecified atom stereocenters. The first-order valence-electron chi connectivity index (χ1n) is 5.17. The molecule has 0 saturated carbocycles. The van der Waals surface area contributed by atoms with Crippen molar-refractivity contribution < 1.29 is 0 Å². The fraction of sp³-hybridized carbons (Fsp3) is 0.0909. The average molecular weight is 314 g/mol. The molecule has 0 saturated heterocycles. The molecule has 0 amide bonds. The predicted octanol–water partition coefficient (Wildman–Crippen LogP) is 4.43. The number of rotatable bonds is 3. The fourth-order valence-corrected chi connectivity index (χ4v) is 3.65. The largest absolute Gasteiger partial charge is 0.294 e. The highest BCUT2D eigenvalue weighted by Gasteiger charge is 2.10. The van der Waals surface area contributed by atoms with Gasteiger partial charge in [0.1, 0.15) is 0 Å². The van der Waals surface area contributed by atoms with Crippen LogP contribution in [0.2, 0.25) is 4.34 Å². The molecule has 0 radical (unpaired) electrons. The molecule has 1 N–H and O–H groups in total. The summed E-state index contributed by atoms with van der Waals surface area (Å²) < 4.78 is 3.41. The van der Waals surface area contributed by atoms with Gasteiger partial charge in [0.2, 0.25) is 0 Å². The van der Waals surface area contributed by atoms with E-state index in [1.807, 2.05) is 34.2 Å². The Hall–Kier alpha value is -0.950. The van der Waals surface area contributed by atoms with Crippen molar-refractivity contribution in [1.82, 2.24) is 14.8 Å². The second-order valence-electron chi connectivity index (χ2n) is 3.62. The molecule has 0 bridgehead atoms. The van der Waals surface area contributed by atoms with E-state index in [1.54, 1.807) is 22.7 Å². The molecule has 3 heterocycles. The second kappa shape index (κ2) is 4.97. The lowest BCUT2D eigenvalue weighted by atomic mass is 10.4. The van der Waals surface area contributed by atoms with Crippen LogP contribution in [0.4, 0.5) is 0 Å². The van der Waals surface area contributed by atoms with Crippen molar-refractivity contribution in [2.45, 2.75) is 6.54 Å². The molecule has 18 heavy (non-hydrogen) atoms. The zero-order chi connectivity index (χ0) is 12.5. The Bertz CT molecular complexity index is 708. The molecule has 3 aromatic rings. The summed E-state index contributed by atoms with van der Waals surface area (Å²) in [4.78, 5) is 2.26. The summed E-state index contributed by atoms with van der Waals surface area (Å²) in [6, 6.07) is 7.95. The van der Waals surface area contributed by atoms with Gasteiger partial charge in [-0.25, -0.2) is 0 Å².